The van der Waals surface area contributed by atoms with E-state index in [4.69, 9.17) is 5.21 Å². The SMILES string of the molecule is O=C(NO)[C@@H]1[C@H](c2ccccc2)[C@H]1c1cnn(Cc2ccc(F)cn2)c1. The summed E-state index contributed by atoms with van der Waals surface area (Å²) in [5, 5.41) is 13.4. The third-order valence-corrected chi connectivity index (χ3v) is 4.77. The Hall–Kier alpha value is -3.06. The maximum atomic E-state index is 13.0. The van der Waals surface area contributed by atoms with Gasteiger partial charge in [-0.2, -0.15) is 5.10 Å². The van der Waals surface area contributed by atoms with Crippen molar-refractivity contribution < 1.29 is 14.4 Å². The molecule has 1 saturated carbocycles. The molecule has 1 aliphatic rings. The van der Waals surface area contributed by atoms with Gasteiger partial charge in [-0.1, -0.05) is 30.3 Å². The quantitative estimate of drug-likeness (QED) is 0.546. The molecule has 2 aromatic heterocycles. The summed E-state index contributed by atoms with van der Waals surface area (Å²) in [6.07, 6.45) is 4.78. The average Bonchev–Trinajstić information content (AvgIpc) is 3.26. The summed E-state index contributed by atoms with van der Waals surface area (Å²) in [5.74, 6) is -1.14. The Balaban J connectivity index is 1.55. The predicted octanol–water partition coefficient (Wildman–Crippen LogP) is 2.47. The minimum absolute atomic E-state index is 0.00458. The van der Waals surface area contributed by atoms with Crippen molar-refractivity contribution in [3.63, 3.8) is 0 Å². The van der Waals surface area contributed by atoms with Crippen LogP contribution in [0.15, 0.2) is 61.1 Å². The van der Waals surface area contributed by atoms with Gasteiger partial charge >= 0.3 is 0 Å². The number of nitrogens with one attached hydrogen (secondary N) is 1. The predicted molar refractivity (Wildman–Crippen MR) is 90.9 cm³/mol. The smallest absolute Gasteiger partial charge is 0.247 e. The Morgan fingerprint density at radius 3 is 2.58 bits per heavy atom. The summed E-state index contributed by atoms with van der Waals surface area (Å²) < 4.78 is 14.7. The maximum Gasteiger partial charge on any atom is 0.247 e. The van der Waals surface area contributed by atoms with Crippen LogP contribution < -0.4 is 5.48 Å². The molecular formula is C19H17FN4O2. The second kappa shape index (κ2) is 6.68. The van der Waals surface area contributed by atoms with E-state index in [9.17, 15) is 9.18 Å². The number of aromatic nitrogens is 3. The fraction of sp³-hybridized carbons (Fsp3) is 0.211. The van der Waals surface area contributed by atoms with Crippen LogP contribution in [-0.4, -0.2) is 25.9 Å². The van der Waals surface area contributed by atoms with Crippen molar-refractivity contribution in [1.29, 1.82) is 0 Å². The molecule has 0 radical (unpaired) electrons. The zero-order chi connectivity index (χ0) is 18.1. The van der Waals surface area contributed by atoms with Gasteiger partial charge in [-0.3, -0.25) is 19.7 Å². The molecule has 6 nitrogen and oxygen atoms in total. The van der Waals surface area contributed by atoms with Gasteiger partial charge in [0.25, 0.3) is 0 Å². The largest absolute Gasteiger partial charge is 0.289 e. The lowest BCUT2D eigenvalue weighted by Crippen LogP contribution is -2.21. The number of rotatable bonds is 5. The van der Waals surface area contributed by atoms with E-state index in [-0.39, 0.29) is 23.6 Å². The van der Waals surface area contributed by atoms with Crippen LogP contribution in [0.1, 0.15) is 28.7 Å². The molecule has 1 fully saturated rings. The molecule has 0 spiro atoms. The second-order valence-electron chi connectivity index (χ2n) is 6.40. The Kier molecular flexibility index (Phi) is 4.22. The number of hydroxylamine groups is 1. The number of hydrogen-bond acceptors (Lipinski definition) is 4. The van der Waals surface area contributed by atoms with E-state index in [0.717, 1.165) is 11.1 Å². The van der Waals surface area contributed by atoms with Crippen LogP contribution >= 0.6 is 0 Å². The monoisotopic (exact) mass is 352 g/mol. The molecule has 1 amide bonds. The third-order valence-electron chi connectivity index (χ3n) is 4.77. The standard InChI is InChI=1S/C19H17FN4O2/c20-14-6-7-15(21-9-14)11-24-10-13(8-22-24)17-16(18(17)19(25)23-26)12-4-2-1-3-5-12/h1-10,16-18,26H,11H2,(H,23,25)/t16-,17-,18-/m1/s1. The summed E-state index contributed by atoms with van der Waals surface area (Å²) in [6, 6.07) is 12.7. The van der Waals surface area contributed by atoms with Gasteiger partial charge in [0.2, 0.25) is 5.91 Å². The molecule has 132 valence electrons. The van der Waals surface area contributed by atoms with Gasteiger partial charge in [0.1, 0.15) is 5.82 Å². The minimum atomic E-state index is -0.392. The minimum Gasteiger partial charge on any atom is -0.289 e. The Morgan fingerprint density at radius 1 is 1.12 bits per heavy atom. The fourth-order valence-corrected chi connectivity index (χ4v) is 3.52. The van der Waals surface area contributed by atoms with Gasteiger partial charge in [0, 0.05) is 18.0 Å². The number of nitrogens with zero attached hydrogens (tertiary/aromatic N) is 3. The van der Waals surface area contributed by atoms with Gasteiger partial charge in [-0.15, -0.1) is 0 Å². The topological polar surface area (TPSA) is 80.0 Å². The summed E-state index contributed by atoms with van der Waals surface area (Å²) in [4.78, 5) is 16.1. The molecule has 0 unspecified atom stereocenters. The van der Waals surface area contributed by atoms with E-state index < -0.39 is 5.91 Å². The van der Waals surface area contributed by atoms with Crippen molar-refractivity contribution >= 4 is 5.91 Å². The molecule has 2 heterocycles. The van der Waals surface area contributed by atoms with E-state index in [1.54, 1.807) is 22.4 Å². The number of carbonyl (C=O) groups is 1. The summed E-state index contributed by atoms with van der Waals surface area (Å²) in [7, 11) is 0. The lowest BCUT2D eigenvalue weighted by Gasteiger charge is -2.00. The molecule has 4 rings (SSSR count). The van der Waals surface area contributed by atoms with Crippen molar-refractivity contribution in [3.05, 3.63) is 83.7 Å². The van der Waals surface area contributed by atoms with E-state index in [0.29, 0.717) is 12.2 Å². The van der Waals surface area contributed by atoms with Crippen LogP contribution in [0.2, 0.25) is 0 Å². The molecule has 3 aromatic rings. The number of pyridine rings is 1. The Bertz CT molecular complexity index is 911. The highest BCUT2D eigenvalue weighted by atomic mass is 19.1. The number of amides is 1. The van der Waals surface area contributed by atoms with Crippen LogP contribution in [0.25, 0.3) is 0 Å². The number of halogens is 1. The first kappa shape index (κ1) is 16.4. The Morgan fingerprint density at radius 2 is 1.88 bits per heavy atom. The van der Waals surface area contributed by atoms with Crippen LogP contribution in [-0.2, 0) is 11.3 Å². The van der Waals surface area contributed by atoms with Gasteiger partial charge in [0.15, 0.2) is 0 Å². The third kappa shape index (κ3) is 3.09. The first-order valence-corrected chi connectivity index (χ1v) is 8.29. The van der Waals surface area contributed by atoms with Gasteiger partial charge in [-0.25, -0.2) is 9.87 Å². The zero-order valence-corrected chi connectivity index (χ0v) is 13.8. The van der Waals surface area contributed by atoms with Crippen LogP contribution in [0.4, 0.5) is 4.39 Å². The van der Waals surface area contributed by atoms with E-state index in [1.165, 1.54) is 12.3 Å². The van der Waals surface area contributed by atoms with Crippen molar-refractivity contribution in [1.82, 2.24) is 20.2 Å². The lowest BCUT2D eigenvalue weighted by molar-refractivity contribution is -0.130. The summed E-state index contributed by atoms with van der Waals surface area (Å²) in [5.41, 5.74) is 4.44. The van der Waals surface area contributed by atoms with E-state index in [1.807, 2.05) is 36.5 Å². The number of carbonyl (C=O) groups excluding carboxylic acids is 1. The first-order valence-electron chi connectivity index (χ1n) is 8.29. The van der Waals surface area contributed by atoms with Crippen molar-refractivity contribution in [2.75, 3.05) is 0 Å². The molecule has 1 aliphatic carbocycles. The van der Waals surface area contributed by atoms with E-state index >= 15 is 0 Å². The molecule has 1 aromatic carbocycles. The van der Waals surface area contributed by atoms with Crippen molar-refractivity contribution in [2.24, 2.45) is 5.92 Å². The zero-order valence-electron chi connectivity index (χ0n) is 13.8. The first-order chi connectivity index (χ1) is 12.7. The molecule has 3 atom stereocenters. The Labute approximate surface area is 149 Å². The molecule has 26 heavy (non-hydrogen) atoms. The van der Waals surface area contributed by atoms with Crippen molar-refractivity contribution in [2.45, 2.75) is 18.4 Å². The molecule has 0 bridgehead atoms. The van der Waals surface area contributed by atoms with Crippen LogP contribution in [0, 0.1) is 11.7 Å². The summed E-state index contributed by atoms with van der Waals surface area (Å²) in [6.45, 7) is 0.417. The van der Waals surface area contributed by atoms with Crippen LogP contribution in [0.5, 0.6) is 0 Å². The van der Waals surface area contributed by atoms with Gasteiger partial charge < -0.3 is 0 Å². The van der Waals surface area contributed by atoms with Gasteiger partial charge in [-0.05, 0) is 23.3 Å². The molecule has 0 saturated heterocycles. The highest BCUT2D eigenvalue weighted by Crippen LogP contribution is 2.60. The summed E-state index contributed by atoms with van der Waals surface area (Å²) >= 11 is 0. The molecule has 0 aliphatic heterocycles. The lowest BCUT2D eigenvalue weighted by atomic mass is 10.1. The van der Waals surface area contributed by atoms with Crippen molar-refractivity contribution in [3.8, 4) is 0 Å². The highest BCUT2D eigenvalue weighted by Gasteiger charge is 2.56. The van der Waals surface area contributed by atoms with E-state index in [2.05, 4.69) is 10.1 Å². The van der Waals surface area contributed by atoms with Crippen LogP contribution in [0.3, 0.4) is 0 Å². The normalized spacial score (nSPS) is 21.4. The fourth-order valence-electron chi connectivity index (χ4n) is 3.52. The highest BCUT2D eigenvalue weighted by molar-refractivity contribution is 5.84. The second-order valence-corrected chi connectivity index (χ2v) is 6.40. The van der Waals surface area contributed by atoms with Gasteiger partial charge in [0.05, 0.1) is 30.6 Å². The maximum absolute atomic E-state index is 13.0. The molecule has 7 heteroatoms. The molecular weight excluding hydrogens is 335 g/mol. The number of hydrogen-bond donors (Lipinski definition) is 2. The number of benzene rings is 1. The molecule has 2 N–H and O–H groups in total. The average molecular weight is 352 g/mol.